The summed E-state index contributed by atoms with van der Waals surface area (Å²) < 4.78 is 5.34. The third-order valence-electron chi connectivity index (χ3n) is 5.57. The summed E-state index contributed by atoms with van der Waals surface area (Å²) in [4.78, 5) is 9.09. The van der Waals surface area contributed by atoms with Crippen LogP contribution in [0.3, 0.4) is 0 Å². The predicted molar refractivity (Wildman–Crippen MR) is 112 cm³/mol. The van der Waals surface area contributed by atoms with Gasteiger partial charge in [-0.25, -0.2) is 9.99 Å². The lowest BCUT2D eigenvalue weighted by molar-refractivity contribution is -0.0473. The molecule has 3 heterocycles. The van der Waals surface area contributed by atoms with Gasteiger partial charge in [0, 0.05) is 62.6 Å². The number of hydrazine groups is 1. The van der Waals surface area contributed by atoms with Gasteiger partial charge >= 0.3 is 0 Å². The minimum Gasteiger partial charge on any atom is -0.481 e. The highest BCUT2D eigenvalue weighted by atomic mass is 16.5. The van der Waals surface area contributed by atoms with Gasteiger partial charge in [-0.05, 0) is 25.5 Å². The molecule has 0 saturated carbocycles. The molecule has 2 aromatic rings. The maximum absolute atomic E-state index is 5.34. The summed E-state index contributed by atoms with van der Waals surface area (Å²) in [5, 5.41) is 4.84. The fourth-order valence-corrected chi connectivity index (χ4v) is 3.98. The molecule has 0 N–H and O–H groups in total. The maximum Gasteiger partial charge on any atom is 0.214 e. The van der Waals surface area contributed by atoms with Gasteiger partial charge in [-0.3, -0.25) is 9.91 Å². The van der Waals surface area contributed by atoms with E-state index in [0.29, 0.717) is 11.9 Å². The zero-order valence-electron chi connectivity index (χ0n) is 16.9. The molecule has 0 radical (unpaired) electrons. The molecular formula is C22H29N5O. The highest BCUT2D eigenvalue weighted by Crippen LogP contribution is 2.37. The van der Waals surface area contributed by atoms with Crippen LogP contribution in [-0.4, -0.2) is 59.2 Å². The highest BCUT2D eigenvalue weighted by Gasteiger charge is 2.34. The summed E-state index contributed by atoms with van der Waals surface area (Å²) in [5.41, 5.74) is 2.33. The van der Waals surface area contributed by atoms with Crippen LogP contribution in [0.4, 0.5) is 5.69 Å². The Hall–Kier alpha value is -2.57. The van der Waals surface area contributed by atoms with E-state index in [1.54, 1.807) is 13.3 Å². The molecule has 1 fully saturated rings. The van der Waals surface area contributed by atoms with Crippen LogP contribution in [-0.2, 0) is 0 Å². The van der Waals surface area contributed by atoms with Crippen LogP contribution in [0.15, 0.2) is 61.1 Å². The first kappa shape index (κ1) is 18.8. The van der Waals surface area contributed by atoms with E-state index in [4.69, 9.17) is 4.74 Å². The molecule has 1 saturated heterocycles. The van der Waals surface area contributed by atoms with E-state index in [1.165, 1.54) is 5.56 Å². The van der Waals surface area contributed by atoms with Gasteiger partial charge in [-0.1, -0.05) is 30.3 Å². The van der Waals surface area contributed by atoms with Crippen LogP contribution in [0.25, 0.3) is 0 Å². The molecule has 6 nitrogen and oxygen atoms in total. The standard InChI is InChI=1S/C22H29N5O/c1-18(2)24-11-13-25(14-12-24)27-16-15-26(20-9-10-23-21(17-20)28-3)22(27)19-7-5-4-6-8-19/h4-10,15-18,22H,11-14H2,1-3H3. The van der Waals surface area contributed by atoms with Crippen molar-refractivity contribution in [2.75, 3.05) is 38.2 Å². The van der Waals surface area contributed by atoms with E-state index in [9.17, 15) is 0 Å². The average molecular weight is 380 g/mol. The molecular weight excluding hydrogens is 350 g/mol. The Kier molecular flexibility index (Phi) is 5.50. The Morgan fingerprint density at radius 3 is 2.43 bits per heavy atom. The van der Waals surface area contributed by atoms with Crippen LogP contribution < -0.4 is 9.64 Å². The lowest BCUT2D eigenvalue weighted by atomic mass is 10.1. The van der Waals surface area contributed by atoms with Gasteiger partial charge in [0.05, 0.1) is 7.11 Å². The largest absolute Gasteiger partial charge is 0.481 e. The van der Waals surface area contributed by atoms with Gasteiger partial charge in [-0.2, -0.15) is 0 Å². The Morgan fingerprint density at radius 2 is 1.75 bits per heavy atom. The van der Waals surface area contributed by atoms with E-state index < -0.39 is 0 Å². The number of methoxy groups -OCH3 is 1. The van der Waals surface area contributed by atoms with Crippen molar-refractivity contribution in [1.29, 1.82) is 0 Å². The number of rotatable bonds is 5. The zero-order chi connectivity index (χ0) is 19.5. The van der Waals surface area contributed by atoms with Crippen LogP contribution in [0.2, 0.25) is 0 Å². The van der Waals surface area contributed by atoms with Crippen molar-refractivity contribution in [3.8, 4) is 5.88 Å². The van der Waals surface area contributed by atoms with Crippen LogP contribution in [0.1, 0.15) is 25.6 Å². The second-order valence-corrected chi connectivity index (χ2v) is 7.51. The first-order chi connectivity index (χ1) is 13.7. The van der Waals surface area contributed by atoms with E-state index in [2.05, 4.69) is 81.4 Å². The summed E-state index contributed by atoms with van der Waals surface area (Å²) >= 11 is 0. The van der Waals surface area contributed by atoms with Crippen molar-refractivity contribution in [1.82, 2.24) is 19.9 Å². The predicted octanol–water partition coefficient (Wildman–Crippen LogP) is 3.32. The topological polar surface area (TPSA) is 35.1 Å². The molecule has 4 rings (SSSR count). The third kappa shape index (κ3) is 3.70. The van der Waals surface area contributed by atoms with Crippen molar-refractivity contribution < 1.29 is 4.74 Å². The first-order valence-electron chi connectivity index (χ1n) is 9.96. The summed E-state index contributed by atoms with van der Waals surface area (Å²) in [7, 11) is 1.65. The number of nitrogens with zero attached hydrogens (tertiary/aromatic N) is 5. The third-order valence-corrected chi connectivity index (χ3v) is 5.57. The normalized spacial score (nSPS) is 20.9. The summed E-state index contributed by atoms with van der Waals surface area (Å²) in [5.74, 6) is 0.627. The molecule has 2 aliphatic heterocycles. The Bertz CT molecular complexity index is 802. The molecule has 148 valence electrons. The molecule has 2 aliphatic rings. The number of anilines is 1. The Morgan fingerprint density at radius 1 is 1.00 bits per heavy atom. The molecule has 1 atom stereocenters. The Labute approximate surface area is 167 Å². The molecule has 1 unspecified atom stereocenters. The summed E-state index contributed by atoms with van der Waals surface area (Å²) in [6.07, 6.45) is 6.23. The minimum atomic E-state index is 0.0823. The fourth-order valence-electron chi connectivity index (χ4n) is 3.98. The number of piperazine rings is 1. The van der Waals surface area contributed by atoms with E-state index in [-0.39, 0.29) is 6.17 Å². The molecule has 0 amide bonds. The second kappa shape index (κ2) is 8.20. The van der Waals surface area contributed by atoms with Crippen molar-refractivity contribution in [2.24, 2.45) is 0 Å². The number of pyridine rings is 1. The van der Waals surface area contributed by atoms with Crippen molar-refractivity contribution in [2.45, 2.75) is 26.1 Å². The molecule has 28 heavy (non-hydrogen) atoms. The van der Waals surface area contributed by atoms with Crippen molar-refractivity contribution in [3.63, 3.8) is 0 Å². The monoisotopic (exact) mass is 379 g/mol. The lowest BCUT2D eigenvalue weighted by Crippen LogP contribution is -2.54. The number of ether oxygens (including phenoxy) is 1. The molecule has 0 spiro atoms. The van der Waals surface area contributed by atoms with Gasteiger partial charge in [0.1, 0.15) is 6.17 Å². The second-order valence-electron chi connectivity index (χ2n) is 7.51. The summed E-state index contributed by atoms with van der Waals surface area (Å²) in [6.45, 7) is 8.78. The van der Waals surface area contributed by atoms with Crippen LogP contribution in [0.5, 0.6) is 5.88 Å². The maximum atomic E-state index is 5.34. The molecule has 0 bridgehead atoms. The fraction of sp³-hybridized carbons (Fsp3) is 0.409. The molecule has 0 aliphatic carbocycles. The molecule has 6 heteroatoms. The van der Waals surface area contributed by atoms with Gasteiger partial charge in [0.2, 0.25) is 5.88 Å². The van der Waals surface area contributed by atoms with Crippen molar-refractivity contribution >= 4 is 5.69 Å². The van der Waals surface area contributed by atoms with Crippen LogP contribution in [0, 0.1) is 0 Å². The van der Waals surface area contributed by atoms with Gasteiger partial charge < -0.3 is 9.64 Å². The highest BCUT2D eigenvalue weighted by molar-refractivity contribution is 5.54. The van der Waals surface area contributed by atoms with Crippen LogP contribution >= 0.6 is 0 Å². The number of hydrogen-bond donors (Lipinski definition) is 0. The Balaban J connectivity index is 1.61. The quantitative estimate of drug-likeness (QED) is 0.793. The van der Waals surface area contributed by atoms with E-state index >= 15 is 0 Å². The van der Waals surface area contributed by atoms with Gasteiger partial charge in [0.25, 0.3) is 0 Å². The van der Waals surface area contributed by atoms with Gasteiger partial charge in [-0.15, -0.1) is 0 Å². The zero-order valence-corrected chi connectivity index (χ0v) is 16.9. The smallest absolute Gasteiger partial charge is 0.214 e. The molecule has 1 aromatic heterocycles. The van der Waals surface area contributed by atoms with E-state index in [0.717, 1.165) is 31.9 Å². The van der Waals surface area contributed by atoms with Crippen molar-refractivity contribution in [3.05, 3.63) is 66.6 Å². The first-order valence-corrected chi connectivity index (χ1v) is 9.96. The van der Waals surface area contributed by atoms with E-state index in [1.807, 2.05) is 12.1 Å². The average Bonchev–Trinajstić information content (AvgIpc) is 3.19. The lowest BCUT2D eigenvalue weighted by Gasteiger charge is -2.44. The SMILES string of the molecule is COc1cc(N2C=CN(N3CCN(C(C)C)CC3)C2c2ccccc2)ccn1. The minimum absolute atomic E-state index is 0.0823. The summed E-state index contributed by atoms with van der Waals surface area (Å²) in [6, 6.07) is 15.3. The number of hydrogen-bond acceptors (Lipinski definition) is 6. The number of benzene rings is 1. The number of aromatic nitrogens is 1. The van der Waals surface area contributed by atoms with Gasteiger partial charge in [0.15, 0.2) is 0 Å². The molecule has 1 aromatic carbocycles.